The van der Waals surface area contributed by atoms with Gasteiger partial charge in [-0.3, -0.25) is 9.89 Å². The molecule has 1 aromatic heterocycles. The maximum Gasteiger partial charge on any atom is 0.276 e. The number of aromatic nitrogens is 2. The van der Waals surface area contributed by atoms with Crippen molar-refractivity contribution >= 4 is 11.6 Å². The number of rotatable bonds is 3. The summed E-state index contributed by atoms with van der Waals surface area (Å²) in [5.74, 6) is -0.202. The van der Waals surface area contributed by atoms with Gasteiger partial charge in [-0.05, 0) is 6.92 Å². The molecule has 1 heterocycles. The lowest BCUT2D eigenvalue weighted by atomic mass is 10.3. The van der Waals surface area contributed by atoms with Crippen LogP contribution in [-0.2, 0) is 0 Å². The van der Waals surface area contributed by atoms with Gasteiger partial charge in [0.1, 0.15) is 0 Å². The molecule has 0 saturated carbocycles. The number of aryl methyl sites for hydroxylation is 1. The first-order valence-electron chi connectivity index (χ1n) is 4.24. The number of H-pyrrole nitrogens is 1. The fourth-order valence-electron chi connectivity index (χ4n) is 1.06. The third-order valence-electron chi connectivity index (χ3n) is 1.95. The molecule has 76 valence electrons. The van der Waals surface area contributed by atoms with Gasteiger partial charge in [0.15, 0.2) is 5.69 Å². The molecule has 0 aromatic carbocycles. The first-order chi connectivity index (χ1) is 6.57. The van der Waals surface area contributed by atoms with Crippen molar-refractivity contribution in [2.75, 3.05) is 19.3 Å². The van der Waals surface area contributed by atoms with E-state index in [0.29, 0.717) is 17.9 Å². The van der Waals surface area contributed by atoms with E-state index in [9.17, 15) is 4.79 Å². The zero-order chi connectivity index (χ0) is 10.7. The van der Waals surface area contributed by atoms with Crippen molar-refractivity contribution in [2.45, 2.75) is 6.92 Å². The molecule has 0 aliphatic rings. The van der Waals surface area contributed by atoms with Crippen LogP contribution in [0.25, 0.3) is 0 Å². The van der Waals surface area contributed by atoms with Crippen molar-refractivity contribution in [1.82, 2.24) is 15.1 Å². The predicted octanol–water partition coefficient (Wildman–Crippen LogP) is 0.558. The third-order valence-corrected chi connectivity index (χ3v) is 1.95. The molecule has 0 bridgehead atoms. The van der Waals surface area contributed by atoms with Crippen LogP contribution in [0, 0.1) is 6.92 Å². The van der Waals surface area contributed by atoms with E-state index in [4.69, 9.17) is 5.73 Å². The molecule has 1 aromatic rings. The highest BCUT2D eigenvalue weighted by atomic mass is 16.2. The molecule has 0 aliphatic heterocycles. The quantitative estimate of drug-likeness (QED) is 0.690. The molecule has 1 amide bonds. The van der Waals surface area contributed by atoms with Crippen LogP contribution in [-0.4, -0.2) is 34.6 Å². The second kappa shape index (κ2) is 3.95. The summed E-state index contributed by atoms with van der Waals surface area (Å²) in [6, 6.07) is 0. The Hall–Kier alpha value is -1.78. The Morgan fingerprint density at radius 3 is 2.86 bits per heavy atom. The number of nitrogen functional groups attached to an aromatic ring is 1. The van der Waals surface area contributed by atoms with E-state index in [0.717, 1.165) is 0 Å². The van der Waals surface area contributed by atoms with E-state index in [1.165, 1.54) is 4.90 Å². The van der Waals surface area contributed by atoms with E-state index in [2.05, 4.69) is 16.8 Å². The summed E-state index contributed by atoms with van der Waals surface area (Å²) in [5.41, 5.74) is 7.06. The smallest absolute Gasteiger partial charge is 0.276 e. The largest absolute Gasteiger partial charge is 0.395 e. The number of hydrogen-bond donors (Lipinski definition) is 2. The van der Waals surface area contributed by atoms with Gasteiger partial charge in [-0.1, -0.05) is 6.08 Å². The zero-order valence-electron chi connectivity index (χ0n) is 8.37. The highest BCUT2D eigenvalue weighted by Crippen LogP contribution is 2.13. The number of aromatic amines is 1. The highest BCUT2D eigenvalue weighted by molar-refractivity contribution is 5.97. The molecule has 0 saturated heterocycles. The van der Waals surface area contributed by atoms with Crippen molar-refractivity contribution in [3.05, 3.63) is 24.0 Å². The van der Waals surface area contributed by atoms with Crippen LogP contribution in [0.3, 0.4) is 0 Å². The van der Waals surface area contributed by atoms with E-state index in [1.807, 2.05) is 0 Å². The molecule has 5 heteroatoms. The molecular weight excluding hydrogens is 180 g/mol. The van der Waals surface area contributed by atoms with Crippen molar-refractivity contribution < 1.29 is 4.79 Å². The summed E-state index contributed by atoms with van der Waals surface area (Å²) in [6.07, 6.45) is 1.65. The molecular formula is C9H14N4O. The normalized spacial score (nSPS) is 9.86. The fraction of sp³-hybridized carbons (Fsp3) is 0.333. The van der Waals surface area contributed by atoms with Crippen LogP contribution in [0.1, 0.15) is 16.2 Å². The number of hydrogen-bond acceptors (Lipinski definition) is 3. The van der Waals surface area contributed by atoms with Crippen LogP contribution in [0.4, 0.5) is 5.69 Å². The lowest BCUT2D eigenvalue weighted by Crippen LogP contribution is -2.27. The monoisotopic (exact) mass is 194 g/mol. The van der Waals surface area contributed by atoms with Crippen LogP contribution in [0.5, 0.6) is 0 Å². The first kappa shape index (κ1) is 10.3. The Kier molecular flexibility index (Phi) is 2.91. The molecule has 0 atom stereocenters. The number of anilines is 1. The SMILES string of the molecule is C=CCN(C)C(=O)c1n[nH]c(C)c1N. The molecule has 3 N–H and O–H groups in total. The summed E-state index contributed by atoms with van der Waals surface area (Å²) in [4.78, 5) is 13.2. The van der Waals surface area contributed by atoms with Gasteiger partial charge in [-0.15, -0.1) is 6.58 Å². The highest BCUT2D eigenvalue weighted by Gasteiger charge is 2.17. The number of nitrogens with two attached hydrogens (primary N) is 1. The third kappa shape index (κ3) is 1.76. The lowest BCUT2D eigenvalue weighted by Gasteiger charge is -2.13. The van der Waals surface area contributed by atoms with E-state index in [1.54, 1.807) is 20.0 Å². The van der Waals surface area contributed by atoms with Crippen molar-refractivity contribution in [3.8, 4) is 0 Å². The minimum absolute atomic E-state index is 0.202. The molecule has 0 spiro atoms. The fourth-order valence-corrected chi connectivity index (χ4v) is 1.06. The van der Waals surface area contributed by atoms with Gasteiger partial charge in [-0.25, -0.2) is 0 Å². The van der Waals surface area contributed by atoms with Gasteiger partial charge in [0.2, 0.25) is 0 Å². The van der Waals surface area contributed by atoms with Gasteiger partial charge in [-0.2, -0.15) is 5.10 Å². The van der Waals surface area contributed by atoms with Crippen molar-refractivity contribution in [1.29, 1.82) is 0 Å². The molecule has 0 aliphatic carbocycles. The Balaban J connectivity index is 2.89. The average Bonchev–Trinajstić information content (AvgIpc) is 2.47. The standard InChI is InChI=1S/C9H14N4O/c1-4-5-13(3)9(14)8-7(10)6(2)11-12-8/h4H,1,5,10H2,2-3H3,(H,11,12). The van der Waals surface area contributed by atoms with E-state index < -0.39 is 0 Å². The number of carbonyl (C=O) groups excluding carboxylic acids is 1. The number of carbonyl (C=O) groups is 1. The first-order valence-corrected chi connectivity index (χ1v) is 4.24. The molecule has 0 radical (unpaired) electrons. The van der Waals surface area contributed by atoms with Gasteiger partial charge >= 0.3 is 0 Å². The average molecular weight is 194 g/mol. The topological polar surface area (TPSA) is 75.0 Å². The summed E-state index contributed by atoms with van der Waals surface area (Å²) in [5, 5.41) is 6.51. The second-order valence-electron chi connectivity index (χ2n) is 3.09. The maximum absolute atomic E-state index is 11.7. The minimum atomic E-state index is -0.202. The Labute approximate surface area is 82.6 Å². The lowest BCUT2D eigenvalue weighted by molar-refractivity contribution is 0.0805. The summed E-state index contributed by atoms with van der Waals surface area (Å²) in [6.45, 7) is 5.80. The summed E-state index contributed by atoms with van der Waals surface area (Å²) >= 11 is 0. The number of likely N-dealkylation sites (N-methyl/N-ethyl adjacent to an activating group) is 1. The molecule has 1 rings (SSSR count). The molecule has 0 unspecified atom stereocenters. The van der Waals surface area contributed by atoms with Crippen LogP contribution < -0.4 is 5.73 Å². The van der Waals surface area contributed by atoms with Crippen molar-refractivity contribution in [2.24, 2.45) is 0 Å². The van der Waals surface area contributed by atoms with Crippen LogP contribution in [0.15, 0.2) is 12.7 Å². The minimum Gasteiger partial charge on any atom is -0.395 e. The van der Waals surface area contributed by atoms with E-state index in [-0.39, 0.29) is 11.6 Å². The number of nitrogens with zero attached hydrogens (tertiary/aromatic N) is 2. The van der Waals surface area contributed by atoms with Gasteiger partial charge in [0.25, 0.3) is 5.91 Å². The summed E-state index contributed by atoms with van der Waals surface area (Å²) in [7, 11) is 1.67. The van der Waals surface area contributed by atoms with Crippen molar-refractivity contribution in [3.63, 3.8) is 0 Å². The Morgan fingerprint density at radius 1 is 1.79 bits per heavy atom. The van der Waals surface area contributed by atoms with Crippen LogP contribution in [0.2, 0.25) is 0 Å². The van der Waals surface area contributed by atoms with Gasteiger partial charge < -0.3 is 10.6 Å². The predicted molar refractivity (Wildman–Crippen MR) is 54.9 cm³/mol. The van der Waals surface area contributed by atoms with E-state index >= 15 is 0 Å². The molecule has 0 fully saturated rings. The molecule has 14 heavy (non-hydrogen) atoms. The number of nitrogens with one attached hydrogen (secondary N) is 1. The number of amides is 1. The zero-order valence-corrected chi connectivity index (χ0v) is 8.37. The van der Waals surface area contributed by atoms with Gasteiger partial charge in [0, 0.05) is 13.6 Å². The Bertz CT molecular complexity index is 356. The maximum atomic E-state index is 11.7. The second-order valence-corrected chi connectivity index (χ2v) is 3.09. The van der Waals surface area contributed by atoms with Gasteiger partial charge in [0.05, 0.1) is 11.4 Å². The Morgan fingerprint density at radius 2 is 2.43 bits per heavy atom. The van der Waals surface area contributed by atoms with Crippen LogP contribution >= 0.6 is 0 Å². The summed E-state index contributed by atoms with van der Waals surface area (Å²) < 4.78 is 0. The molecule has 5 nitrogen and oxygen atoms in total.